The third kappa shape index (κ3) is 67.8. The fourth-order valence-electron chi connectivity index (χ4n) is 8.20. The zero-order valence-corrected chi connectivity index (χ0v) is 54.1. The second-order valence-electron chi connectivity index (χ2n) is 20.9. The Morgan fingerprint density at radius 1 is 0.353 bits per heavy atom. The molecule has 0 aromatic heterocycles. The molecule has 10 heteroatoms. The number of esters is 2. The molecule has 476 valence electrons. The minimum Gasteiger partial charge on any atom is -0.462 e. The molecular weight excluding hydrogens is 1070 g/mol. The quantitative estimate of drug-likeness (QED) is 0.0264. The van der Waals surface area contributed by atoms with Gasteiger partial charge >= 0.3 is 19.8 Å². The van der Waals surface area contributed by atoms with Gasteiger partial charge in [-0.15, -0.1) is 0 Å². The van der Waals surface area contributed by atoms with Crippen molar-refractivity contribution in [3.8, 4) is 0 Å². The van der Waals surface area contributed by atoms with E-state index in [9.17, 15) is 19.0 Å². The lowest BCUT2D eigenvalue weighted by atomic mass is 10.1. The van der Waals surface area contributed by atoms with E-state index in [2.05, 4.69) is 208 Å². The molecule has 0 spiro atoms. The maximum atomic E-state index is 12.8. The molecule has 0 amide bonds. The van der Waals surface area contributed by atoms with Crippen molar-refractivity contribution in [3.63, 3.8) is 0 Å². The summed E-state index contributed by atoms with van der Waals surface area (Å²) in [5.41, 5.74) is 5.39. The maximum absolute atomic E-state index is 12.8. The van der Waals surface area contributed by atoms with Gasteiger partial charge in [-0.1, -0.05) is 272 Å². The number of unbranched alkanes of at least 4 members (excludes halogenated alkanes) is 14. The standard InChI is InChI=1S/C75H118NO8P/c1-3-5-7-9-11-13-15-17-19-21-23-25-27-29-31-33-34-35-36-37-38-40-42-44-46-48-50-52-54-56-58-60-62-64-66-68-75(78)84-73(72-83-85(79,80)82-70-69-76)71-81-74(77)67-65-63-61-59-57-55-53-51-49-47-45-43-41-39-32-30-28-26-24-22-20-18-16-14-12-10-8-6-4-2/h5-8,11-14,17-20,23-26,29-32,34-35,37-38,41-44,47-50,73H,3-4,9-10,15-16,21-22,27-28,33,36,39-40,45-46,51-72,76H2,1-2H3,(H,79,80)/b7-5-,8-6-,13-11-,14-12-,19-17-,20-18-,25-23-,26-24-,31-29-,32-30-,35-34-,38-37-,43-41-,44-42-,49-47-,50-48-. The van der Waals surface area contributed by atoms with Gasteiger partial charge in [-0.25, -0.2) is 4.57 Å². The molecule has 2 unspecified atom stereocenters. The summed E-state index contributed by atoms with van der Waals surface area (Å²) in [6.07, 6.45) is 103. The average molecular weight is 1190 g/mol. The van der Waals surface area contributed by atoms with Crippen molar-refractivity contribution in [2.24, 2.45) is 5.73 Å². The van der Waals surface area contributed by atoms with Gasteiger partial charge in [0.25, 0.3) is 0 Å². The van der Waals surface area contributed by atoms with E-state index < -0.39 is 32.5 Å². The number of carbonyl (C=O) groups is 2. The minimum atomic E-state index is -4.41. The number of phosphoric ester groups is 1. The topological polar surface area (TPSA) is 134 Å². The van der Waals surface area contributed by atoms with Gasteiger partial charge in [0.05, 0.1) is 13.2 Å². The molecule has 0 saturated carbocycles. The van der Waals surface area contributed by atoms with Crippen LogP contribution in [0.3, 0.4) is 0 Å². The Labute approximate surface area is 519 Å². The first-order chi connectivity index (χ1) is 41.8. The predicted molar refractivity (Wildman–Crippen MR) is 366 cm³/mol. The number of ether oxygens (including phenoxy) is 2. The van der Waals surface area contributed by atoms with E-state index in [-0.39, 0.29) is 32.6 Å². The molecule has 0 aromatic carbocycles. The largest absolute Gasteiger partial charge is 0.472 e. The molecule has 0 radical (unpaired) electrons. The van der Waals surface area contributed by atoms with Gasteiger partial charge in [0.2, 0.25) is 0 Å². The van der Waals surface area contributed by atoms with Gasteiger partial charge in [-0.3, -0.25) is 18.6 Å². The van der Waals surface area contributed by atoms with E-state index in [0.29, 0.717) is 12.8 Å². The summed E-state index contributed by atoms with van der Waals surface area (Å²) >= 11 is 0. The highest BCUT2D eigenvalue weighted by Gasteiger charge is 2.26. The van der Waals surface area contributed by atoms with Gasteiger partial charge in [-0.2, -0.15) is 0 Å². The molecule has 0 rings (SSSR count). The average Bonchev–Trinajstić information content (AvgIpc) is 3.52. The first kappa shape index (κ1) is 79.8. The zero-order valence-electron chi connectivity index (χ0n) is 53.3. The molecule has 0 fully saturated rings. The number of hydrogen-bond acceptors (Lipinski definition) is 8. The lowest BCUT2D eigenvalue weighted by Crippen LogP contribution is -2.29. The van der Waals surface area contributed by atoms with Gasteiger partial charge in [-0.05, 0) is 141 Å². The van der Waals surface area contributed by atoms with Crippen LogP contribution in [0.15, 0.2) is 194 Å². The number of carbonyl (C=O) groups excluding carboxylic acids is 2. The Hall–Kier alpha value is -5.15. The number of nitrogens with two attached hydrogens (primary N) is 1. The smallest absolute Gasteiger partial charge is 0.462 e. The van der Waals surface area contributed by atoms with Gasteiger partial charge in [0, 0.05) is 19.4 Å². The van der Waals surface area contributed by atoms with Crippen molar-refractivity contribution in [1.29, 1.82) is 0 Å². The number of phosphoric acid groups is 1. The molecule has 0 aliphatic rings. The van der Waals surface area contributed by atoms with E-state index in [1.54, 1.807) is 0 Å². The van der Waals surface area contributed by atoms with Crippen LogP contribution >= 0.6 is 7.82 Å². The van der Waals surface area contributed by atoms with Crippen LogP contribution in [-0.4, -0.2) is 49.3 Å². The molecule has 0 saturated heterocycles. The lowest BCUT2D eigenvalue weighted by Gasteiger charge is -2.19. The maximum Gasteiger partial charge on any atom is 0.472 e. The van der Waals surface area contributed by atoms with E-state index in [1.165, 1.54) is 32.1 Å². The second-order valence-corrected chi connectivity index (χ2v) is 22.3. The van der Waals surface area contributed by atoms with Crippen LogP contribution in [0.1, 0.15) is 232 Å². The van der Waals surface area contributed by atoms with Crippen molar-refractivity contribution in [2.45, 2.75) is 238 Å². The first-order valence-corrected chi connectivity index (χ1v) is 34.4. The fraction of sp³-hybridized carbons (Fsp3) is 0.547. The third-order valence-electron chi connectivity index (χ3n) is 13.0. The van der Waals surface area contributed by atoms with Crippen molar-refractivity contribution >= 4 is 19.8 Å². The van der Waals surface area contributed by atoms with Gasteiger partial charge in [0.1, 0.15) is 6.61 Å². The Bertz CT molecular complexity index is 2090. The minimum absolute atomic E-state index is 0.0387. The summed E-state index contributed by atoms with van der Waals surface area (Å²) in [6.45, 7) is 3.46. The van der Waals surface area contributed by atoms with Crippen LogP contribution < -0.4 is 5.73 Å². The third-order valence-corrected chi connectivity index (χ3v) is 14.0. The summed E-state index contributed by atoms with van der Waals surface area (Å²) in [5.74, 6) is -0.869. The predicted octanol–water partition coefficient (Wildman–Crippen LogP) is 21.7. The Morgan fingerprint density at radius 3 is 0.906 bits per heavy atom. The summed E-state index contributed by atoms with van der Waals surface area (Å²) in [5, 5.41) is 0. The summed E-state index contributed by atoms with van der Waals surface area (Å²) in [6, 6.07) is 0. The van der Waals surface area contributed by atoms with Crippen LogP contribution in [0, 0.1) is 0 Å². The highest BCUT2D eigenvalue weighted by atomic mass is 31.2. The van der Waals surface area contributed by atoms with E-state index in [0.717, 1.165) is 161 Å². The van der Waals surface area contributed by atoms with Crippen molar-refractivity contribution < 1.29 is 37.6 Å². The molecule has 3 N–H and O–H groups in total. The zero-order chi connectivity index (χ0) is 61.6. The molecule has 9 nitrogen and oxygen atoms in total. The van der Waals surface area contributed by atoms with E-state index in [4.69, 9.17) is 24.3 Å². The summed E-state index contributed by atoms with van der Waals surface area (Å²) < 4.78 is 33.1. The Morgan fingerprint density at radius 2 is 0.612 bits per heavy atom. The molecule has 0 aliphatic heterocycles. The molecule has 85 heavy (non-hydrogen) atoms. The highest BCUT2D eigenvalue weighted by molar-refractivity contribution is 7.47. The Kier molecular flexibility index (Phi) is 63.9. The van der Waals surface area contributed by atoms with Crippen molar-refractivity contribution in [3.05, 3.63) is 194 Å². The SMILES string of the molecule is CC/C=C\C/C=C\C/C=C\C/C=C\C/C=C\C/C=C\C/C=C\C/C=C\C/C=C\CCCCCCCCCC(=O)OC(COC(=O)CCCCCCCCC/C=C\C/C=C\C/C=C\C/C=C\C/C=C\C/C=C\C/C=C\CC)COP(=O)(O)OCCN. The highest BCUT2D eigenvalue weighted by Crippen LogP contribution is 2.43. The van der Waals surface area contributed by atoms with Crippen LogP contribution in [0.2, 0.25) is 0 Å². The summed E-state index contributed by atoms with van der Waals surface area (Å²) in [4.78, 5) is 35.3. The lowest BCUT2D eigenvalue weighted by molar-refractivity contribution is -0.161. The van der Waals surface area contributed by atoms with Gasteiger partial charge in [0.15, 0.2) is 6.10 Å². The molecule has 0 aliphatic carbocycles. The van der Waals surface area contributed by atoms with Gasteiger partial charge < -0.3 is 20.1 Å². The van der Waals surface area contributed by atoms with Crippen LogP contribution in [-0.2, 0) is 32.7 Å². The molecule has 0 heterocycles. The molecular formula is C75H118NO8P. The fourth-order valence-corrected chi connectivity index (χ4v) is 8.96. The normalized spacial score (nSPS) is 14.3. The van der Waals surface area contributed by atoms with Crippen LogP contribution in [0.25, 0.3) is 0 Å². The molecule has 2 atom stereocenters. The van der Waals surface area contributed by atoms with Crippen molar-refractivity contribution in [2.75, 3.05) is 26.4 Å². The number of rotatable bonds is 59. The van der Waals surface area contributed by atoms with Crippen molar-refractivity contribution in [1.82, 2.24) is 0 Å². The van der Waals surface area contributed by atoms with Crippen LogP contribution in [0.5, 0.6) is 0 Å². The molecule has 0 aromatic rings. The van der Waals surface area contributed by atoms with Crippen LogP contribution in [0.4, 0.5) is 0 Å². The second kappa shape index (κ2) is 68.0. The number of hydrogen-bond donors (Lipinski definition) is 2. The van der Waals surface area contributed by atoms with E-state index in [1.807, 2.05) is 0 Å². The van der Waals surface area contributed by atoms with E-state index >= 15 is 0 Å². The summed E-state index contributed by atoms with van der Waals surface area (Å²) in [7, 11) is -4.41. The monoisotopic (exact) mass is 1190 g/mol. The first-order valence-electron chi connectivity index (χ1n) is 32.9. The number of allylic oxidation sites excluding steroid dienone is 32. The molecule has 0 bridgehead atoms. The Balaban J connectivity index is 4.07.